The summed E-state index contributed by atoms with van der Waals surface area (Å²) in [4.78, 5) is 56.9. The molecule has 0 radical (unpaired) electrons. The third-order valence-electron chi connectivity index (χ3n) is 10.0. The van der Waals surface area contributed by atoms with E-state index in [9.17, 15) is 19.2 Å². The second-order valence-corrected chi connectivity index (χ2v) is 12.8. The van der Waals surface area contributed by atoms with E-state index in [1.54, 1.807) is 0 Å². The fraction of sp³-hybridized carbons (Fsp3) is 0.444. The van der Waals surface area contributed by atoms with Crippen LogP contribution in [-0.4, -0.2) is 48.4 Å². The Morgan fingerprint density at radius 2 is 1.73 bits per heavy atom. The summed E-state index contributed by atoms with van der Waals surface area (Å²) >= 11 is 0. The van der Waals surface area contributed by atoms with Crippen LogP contribution in [0.3, 0.4) is 0 Å². The minimum absolute atomic E-state index is 0.0372. The van der Waals surface area contributed by atoms with Gasteiger partial charge in [0.05, 0.1) is 5.41 Å². The first kappa shape index (κ1) is 30.8. The minimum Gasteiger partial charge on any atom is -0.381 e. The Kier molecular flexibility index (Phi) is 8.39. The van der Waals surface area contributed by atoms with Gasteiger partial charge in [-0.25, -0.2) is 0 Å². The summed E-state index contributed by atoms with van der Waals surface area (Å²) < 4.78 is 5.65. The number of aryl methyl sites for hydroxylation is 2. The van der Waals surface area contributed by atoms with Gasteiger partial charge in [0, 0.05) is 73.4 Å². The molecule has 45 heavy (non-hydrogen) atoms. The highest BCUT2D eigenvalue weighted by atomic mass is 16.5. The normalized spacial score (nSPS) is 17.7. The van der Waals surface area contributed by atoms with Crippen LogP contribution in [0.5, 0.6) is 0 Å². The largest absolute Gasteiger partial charge is 0.381 e. The lowest BCUT2D eigenvalue weighted by atomic mass is 9.70. The highest BCUT2D eigenvalue weighted by Crippen LogP contribution is 2.48. The summed E-state index contributed by atoms with van der Waals surface area (Å²) in [7, 11) is 0. The lowest BCUT2D eigenvalue weighted by Gasteiger charge is -2.37. The van der Waals surface area contributed by atoms with Gasteiger partial charge in [0.1, 0.15) is 5.78 Å². The van der Waals surface area contributed by atoms with E-state index in [4.69, 9.17) is 4.74 Å². The second-order valence-electron chi connectivity index (χ2n) is 12.8. The highest BCUT2D eigenvalue weighted by Gasteiger charge is 2.48. The van der Waals surface area contributed by atoms with Gasteiger partial charge in [-0.3, -0.25) is 19.2 Å². The van der Waals surface area contributed by atoms with Crippen LogP contribution in [0.1, 0.15) is 83.8 Å². The topological polar surface area (TPSA) is 121 Å². The number of nitrogens with one attached hydrogen (secondary N) is 3. The van der Waals surface area contributed by atoms with Gasteiger partial charge in [-0.1, -0.05) is 12.1 Å². The summed E-state index contributed by atoms with van der Waals surface area (Å²) in [6, 6.07) is 12.3. The molecule has 236 valence electrons. The molecule has 3 N–H and O–H groups in total. The molecule has 2 fully saturated rings. The number of Topliss-reactive ketones (excluding diaryl/α,β-unsaturated/α-hetero) is 1. The summed E-state index contributed by atoms with van der Waals surface area (Å²) in [5.74, 6) is -0.0770. The Balaban J connectivity index is 1.39. The van der Waals surface area contributed by atoms with E-state index in [-0.39, 0.29) is 35.7 Å². The Hall–Kier alpha value is -4.24. The van der Waals surface area contributed by atoms with Crippen molar-refractivity contribution in [3.63, 3.8) is 0 Å². The summed E-state index contributed by atoms with van der Waals surface area (Å²) in [5.41, 5.74) is 7.18. The molecule has 2 aromatic carbocycles. The van der Waals surface area contributed by atoms with Crippen molar-refractivity contribution in [2.75, 3.05) is 30.0 Å². The number of fused-ring (bicyclic) bond motifs is 2. The highest BCUT2D eigenvalue weighted by molar-refractivity contribution is 6.08. The first-order valence-corrected chi connectivity index (χ1v) is 16.1. The maximum Gasteiger partial charge on any atom is 0.253 e. The van der Waals surface area contributed by atoms with Crippen LogP contribution in [0.25, 0.3) is 11.1 Å². The molecular formula is C36H42N4O5. The summed E-state index contributed by atoms with van der Waals surface area (Å²) in [6.07, 6.45) is 3.71. The molecule has 1 aromatic heterocycles. The number of benzene rings is 2. The first-order valence-electron chi connectivity index (χ1n) is 16.1. The molecule has 1 saturated carbocycles. The molecule has 9 nitrogen and oxygen atoms in total. The van der Waals surface area contributed by atoms with Crippen LogP contribution in [0.4, 0.5) is 11.4 Å². The molecular weight excluding hydrogens is 568 g/mol. The number of pyridine rings is 1. The number of rotatable bonds is 7. The quantitative estimate of drug-likeness (QED) is 0.337. The smallest absolute Gasteiger partial charge is 0.253 e. The van der Waals surface area contributed by atoms with E-state index in [0.29, 0.717) is 50.0 Å². The number of aromatic amines is 1. The number of ether oxygens (including phenoxy) is 1. The number of aromatic nitrogens is 1. The second kappa shape index (κ2) is 12.3. The third-order valence-corrected chi connectivity index (χ3v) is 10.0. The van der Waals surface area contributed by atoms with Crippen molar-refractivity contribution in [1.82, 2.24) is 10.3 Å². The third kappa shape index (κ3) is 5.70. The maximum atomic E-state index is 13.9. The molecule has 9 heteroatoms. The van der Waals surface area contributed by atoms with Crippen molar-refractivity contribution in [2.24, 2.45) is 0 Å². The van der Waals surface area contributed by atoms with Gasteiger partial charge in [0.15, 0.2) is 0 Å². The van der Waals surface area contributed by atoms with E-state index >= 15 is 0 Å². The van der Waals surface area contributed by atoms with Crippen molar-refractivity contribution < 1.29 is 19.1 Å². The van der Waals surface area contributed by atoms with Crippen LogP contribution in [0.2, 0.25) is 0 Å². The minimum atomic E-state index is -0.653. The van der Waals surface area contributed by atoms with Crippen LogP contribution >= 0.6 is 0 Å². The average molecular weight is 611 g/mol. The fourth-order valence-corrected chi connectivity index (χ4v) is 7.45. The molecule has 0 bridgehead atoms. The average Bonchev–Trinajstić information content (AvgIpc) is 3.29. The Bertz CT molecular complexity index is 1730. The fourth-order valence-electron chi connectivity index (χ4n) is 7.45. The van der Waals surface area contributed by atoms with Crippen molar-refractivity contribution in [3.8, 4) is 11.1 Å². The van der Waals surface area contributed by atoms with Gasteiger partial charge >= 0.3 is 0 Å². The number of hydrogen-bond donors (Lipinski definition) is 3. The molecule has 0 unspecified atom stereocenters. The SMILES string of the molecule is CCN(c1cc(-c2ccc3c(c2)NC(=O)C32CCC(=O)CC2)cc(C(=O)NCc2c(C)cc(C)[nH]c2=O)c1C)C1CCOCC1. The molecule has 1 saturated heterocycles. The molecule has 1 aliphatic carbocycles. The standard InChI is InChI=1S/C36H42N4O5/c1-5-40(26-10-14-45-15-11-26)32-19-25(17-28(23(32)4)33(42)37-20-29-21(2)16-22(3)38-34(29)43)24-6-7-30-31(18-24)39-35(44)36(30)12-8-27(41)9-13-36/h6-7,16-19,26H,5,8-15,20H2,1-4H3,(H,37,42)(H,38,43)(H,39,44). The van der Waals surface area contributed by atoms with E-state index in [0.717, 1.165) is 64.3 Å². The lowest BCUT2D eigenvalue weighted by Crippen LogP contribution is -2.40. The van der Waals surface area contributed by atoms with Gasteiger partial charge in [0.2, 0.25) is 5.91 Å². The van der Waals surface area contributed by atoms with E-state index < -0.39 is 5.41 Å². The zero-order valence-corrected chi connectivity index (χ0v) is 26.6. The number of H-pyrrole nitrogens is 1. The number of carbonyl (C=O) groups is 3. The zero-order chi connectivity index (χ0) is 31.9. The first-order chi connectivity index (χ1) is 21.6. The number of ketones is 1. The molecule has 6 rings (SSSR count). The molecule has 1 spiro atoms. The van der Waals surface area contributed by atoms with Crippen molar-refractivity contribution in [2.45, 2.75) is 84.2 Å². The van der Waals surface area contributed by atoms with Crippen molar-refractivity contribution >= 4 is 29.0 Å². The van der Waals surface area contributed by atoms with Gasteiger partial charge in [-0.15, -0.1) is 0 Å². The molecule has 3 aliphatic rings. The Labute approximate surface area is 263 Å². The molecule has 3 heterocycles. The van der Waals surface area contributed by atoms with Crippen LogP contribution in [-0.2, 0) is 26.3 Å². The predicted octanol–water partition coefficient (Wildman–Crippen LogP) is 5.24. The number of nitrogens with zero attached hydrogens (tertiary/aromatic N) is 1. The van der Waals surface area contributed by atoms with E-state index in [1.807, 2.05) is 51.1 Å². The van der Waals surface area contributed by atoms with Gasteiger partial charge in [0.25, 0.3) is 11.5 Å². The number of carbonyl (C=O) groups excluding carboxylic acids is 3. The van der Waals surface area contributed by atoms with E-state index in [2.05, 4.69) is 33.5 Å². The molecule has 2 amide bonds. The number of amides is 2. The monoisotopic (exact) mass is 610 g/mol. The van der Waals surface area contributed by atoms with Gasteiger partial charge < -0.3 is 25.3 Å². The summed E-state index contributed by atoms with van der Waals surface area (Å²) in [6.45, 7) is 10.1. The molecule has 0 atom stereocenters. The van der Waals surface area contributed by atoms with Gasteiger partial charge in [-0.05, 0) is 105 Å². The van der Waals surface area contributed by atoms with Crippen LogP contribution in [0.15, 0.2) is 41.2 Å². The molecule has 2 aliphatic heterocycles. The maximum absolute atomic E-state index is 13.9. The predicted molar refractivity (Wildman–Crippen MR) is 175 cm³/mol. The lowest BCUT2D eigenvalue weighted by molar-refractivity contribution is -0.126. The van der Waals surface area contributed by atoms with Crippen LogP contribution < -0.4 is 21.1 Å². The zero-order valence-electron chi connectivity index (χ0n) is 26.6. The van der Waals surface area contributed by atoms with E-state index in [1.165, 1.54) is 0 Å². The number of hydrogen-bond acceptors (Lipinski definition) is 6. The van der Waals surface area contributed by atoms with Gasteiger partial charge in [-0.2, -0.15) is 0 Å². The Morgan fingerprint density at radius 3 is 2.42 bits per heavy atom. The summed E-state index contributed by atoms with van der Waals surface area (Å²) in [5, 5.41) is 6.11. The number of anilines is 2. The van der Waals surface area contributed by atoms with Crippen LogP contribution in [0, 0.1) is 20.8 Å². The molecule has 3 aromatic rings. The van der Waals surface area contributed by atoms with Crippen molar-refractivity contribution in [1.29, 1.82) is 0 Å². The Morgan fingerprint density at radius 1 is 1.00 bits per heavy atom. The van der Waals surface area contributed by atoms with Crippen molar-refractivity contribution in [3.05, 3.63) is 80.3 Å².